The number of esters is 1. The molecule has 1 aromatic rings. The van der Waals surface area contributed by atoms with Gasteiger partial charge in [0.15, 0.2) is 5.69 Å². The molecule has 4 heteroatoms. The highest BCUT2D eigenvalue weighted by atomic mass is 16.5. The molecule has 0 aliphatic carbocycles. The average Bonchev–Trinajstić information content (AvgIpc) is 2.62. The summed E-state index contributed by atoms with van der Waals surface area (Å²) < 4.78 is 4.62. The van der Waals surface area contributed by atoms with Crippen LogP contribution in [0.25, 0.3) is 0 Å². The number of aromatic nitrogens is 2. The minimum absolute atomic E-state index is 0.271. The number of methoxy groups -OCH3 is 1. The monoisotopic (exact) mass is 212 g/mol. The summed E-state index contributed by atoms with van der Waals surface area (Å²) in [5.74, 6) is -0.110. The summed E-state index contributed by atoms with van der Waals surface area (Å²) in [6, 6.07) is 0. The van der Waals surface area contributed by atoms with Gasteiger partial charge in [0.25, 0.3) is 0 Å². The van der Waals surface area contributed by atoms with E-state index in [4.69, 9.17) is 0 Å². The van der Waals surface area contributed by atoms with E-state index in [0.29, 0.717) is 5.69 Å². The number of nitrogens with zero attached hydrogens (tertiary/aromatic N) is 1. The Morgan fingerprint density at radius 2 is 1.93 bits per heavy atom. The van der Waals surface area contributed by atoms with Crippen molar-refractivity contribution in [2.45, 2.75) is 40.5 Å². The standard InChI is InChI=1S/C9H14N2O2.C2H6/c1-5(2)7-6(3)10-11-8(7)9(12)13-4;1-2/h5H,1-4H3,(H,10,11);1-2H3. The van der Waals surface area contributed by atoms with Crippen LogP contribution in [0, 0.1) is 6.92 Å². The summed E-state index contributed by atoms with van der Waals surface area (Å²) in [6.45, 7) is 9.93. The molecule has 0 bridgehead atoms. The van der Waals surface area contributed by atoms with E-state index in [1.807, 2.05) is 34.6 Å². The molecule has 15 heavy (non-hydrogen) atoms. The van der Waals surface area contributed by atoms with Crippen molar-refractivity contribution in [1.29, 1.82) is 0 Å². The normalized spacial score (nSPS) is 9.53. The number of rotatable bonds is 2. The van der Waals surface area contributed by atoms with Gasteiger partial charge in [-0.05, 0) is 12.8 Å². The summed E-state index contributed by atoms with van der Waals surface area (Å²) in [5.41, 5.74) is 2.26. The van der Waals surface area contributed by atoms with Crippen molar-refractivity contribution in [2.75, 3.05) is 7.11 Å². The van der Waals surface area contributed by atoms with E-state index >= 15 is 0 Å². The van der Waals surface area contributed by atoms with Crippen LogP contribution in [0.1, 0.15) is 55.4 Å². The number of hydrogen-bond donors (Lipinski definition) is 1. The Morgan fingerprint density at radius 3 is 2.33 bits per heavy atom. The minimum atomic E-state index is -0.381. The second kappa shape index (κ2) is 6.22. The van der Waals surface area contributed by atoms with Gasteiger partial charge < -0.3 is 4.74 Å². The van der Waals surface area contributed by atoms with Crippen LogP contribution in [0.15, 0.2) is 0 Å². The van der Waals surface area contributed by atoms with Crippen molar-refractivity contribution in [3.63, 3.8) is 0 Å². The summed E-state index contributed by atoms with van der Waals surface area (Å²) in [5, 5.41) is 6.69. The smallest absolute Gasteiger partial charge is 0.358 e. The maximum absolute atomic E-state index is 11.2. The number of ether oxygens (including phenoxy) is 1. The molecule has 0 aliphatic heterocycles. The van der Waals surface area contributed by atoms with Crippen LogP contribution >= 0.6 is 0 Å². The first-order valence-electron chi connectivity index (χ1n) is 5.21. The fourth-order valence-electron chi connectivity index (χ4n) is 1.40. The largest absolute Gasteiger partial charge is 0.464 e. The van der Waals surface area contributed by atoms with Gasteiger partial charge in [0.05, 0.1) is 7.11 Å². The van der Waals surface area contributed by atoms with Crippen LogP contribution in [-0.2, 0) is 4.74 Å². The first-order valence-corrected chi connectivity index (χ1v) is 5.21. The van der Waals surface area contributed by atoms with Gasteiger partial charge in [-0.3, -0.25) is 5.10 Å². The molecule has 0 amide bonds. The van der Waals surface area contributed by atoms with Gasteiger partial charge in [0, 0.05) is 11.3 Å². The zero-order chi connectivity index (χ0) is 12.0. The van der Waals surface area contributed by atoms with Crippen LogP contribution in [0.5, 0.6) is 0 Å². The molecule has 0 saturated carbocycles. The van der Waals surface area contributed by atoms with E-state index < -0.39 is 0 Å². The van der Waals surface area contributed by atoms with Crippen LogP contribution in [0.4, 0.5) is 0 Å². The molecule has 86 valence electrons. The number of aromatic amines is 1. The maximum atomic E-state index is 11.2. The lowest BCUT2D eigenvalue weighted by atomic mass is 10.0. The van der Waals surface area contributed by atoms with Gasteiger partial charge in [-0.2, -0.15) is 5.10 Å². The van der Waals surface area contributed by atoms with Gasteiger partial charge >= 0.3 is 5.97 Å². The van der Waals surface area contributed by atoms with Crippen molar-refractivity contribution in [1.82, 2.24) is 10.2 Å². The van der Waals surface area contributed by atoms with Gasteiger partial charge in [-0.15, -0.1) is 0 Å². The van der Waals surface area contributed by atoms with E-state index in [1.165, 1.54) is 7.11 Å². The third-order valence-corrected chi connectivity index (χ3v) is 1.95. The Morgan fingerprint density at radius 1 is 1.40 bits per heavy atom. The second-order valence-corrected chi connectivity index (χ2v) is 3.26. The van der Waals surface area contributed by atoms with Gasteiger partial charge in [-0.1, -0.05) is 27.7 Å². The summed E-state index contributed by atoms with van der Waals surface area (Å²) >= 11 is 0. The first-order chi connectivity index (χ1) is 7.07. The fraction of sp³-hybridized carbons (Fsp3) is 0.636. The van der Waals surface area contributed by atoms with E-state index in [1.54, 1.807) is 0 Å². The Hall–Kier alpha value is -1.32. The van der Waals surface area contributed by atoms with Crippen LogP contribution in [0.3, 0.4) is 0 Å². The number of carbonyl (C=O) groups excluding carboxylic acids is 1. The Balaban J connectivity index is 0.000000921. The molecular formula is C11H20N2O2. The van der Waals surface area contributed by atoms with Gasteiger partial charge in [0.2, 0.25) is 0 Å². The van der Waals surface area contributed by atoms with Crippen molar-refractivity contribution in [3.8, 4) is 0 Å². The lowest BCUT2D eigenvalue weighted by molar-refractivity contribution is 0.0592. The molecule has 0 aliphatic rings. The third-order valence-electron chi connectivity index (χ3n) is 1.95. The fourth-order valence-corrected chi connectivity index (χ4v) is 1.40. The quantitative estimate of drug-likeness (QED) is 0.767. The third kappa shape index (κ3) is 3.08. The van der Waals surface area contributed by atoms with E-state index in [2.05, 4.69) is 14.9 Å². The predicted molar refractivity (Wildman–Crippen MR) is 60.1 cm³/mol. The molecule has 1 heterocycles. The first kappa shape index (κ1) is 13.7. The van der Waals surface area contributed by atoms with E-state index in [9.17, 15) is 4.79 Å². The van der Waals surface area contributed by atoms with E-state index in [-0.39, 0.29) is 11.9 Å². The molecule has 0 spiro atoms. The Kier molecular flexibility index (Phi) is 5.67. The van der Waals surface area contributed by atoms with Crippen molar-refractivity contribution in [2.24, 2.45) is 0 Å². The molecule has 0 unspecified atom stereocenters. The van der Waals surface area contributed by atoms with Crippen LogP contribution in [-0.4, -0.2) is 23.3 Å². The maximum Gasteiger partial charge on any atom is 0.358 e. The average molecular weight is 212 g/mol. The van der Waals surface area contributed by atoms with E-state index in [0.717, 1.165) is 11.3 Å². The number of carbonyl (C=O) groups is 1. The second-order valence-electron chi connectivity index (χ2n) is 3.26. The molecule has 0 saturated heterocycles. The summed E-state index contributed by atoms with van der Waals surface area (Å²) in [6.07, 6.45) is 0. The zero-order valence-corrected chi connectivity index (χ0v) is 10.3. The predicted octanol–water partition coefficient (Wildman–Crippen LogP) is 2.65. The number of nitrogens with one attached hydrogen (secondary N) is 1. The molecule has 0 radical (unpaired) electrons. The lowest BCUT2D eigenvalue weighted by Crippen LogP contribution is -2.06. The Bertz CT molecular complexity index is 316. The summed E-state index contributed by atoms with van der Waals surface area (Å²) in [4.78, 5) is 11.2. The molecule has 4 nitrogen and oxygen atoms in total. The molecule has 1 N–H and O–H groups in total. The van der Waals surface area contributed by atoms with Gasteiger partial charge in [0.1, 0.15) is 0 Å². The molecular weight excluding hydrogens is 192 g/mol. The minimum Gasteiger partial charge on any atom is -0.464 e. The SMILES string of the molecule is CC.COC(=O)c1n[nH]c(C)c1C(C)C. The van der Waals surface area contributed by atoms with Crippen molar-refractivity contribution in [3.05, 3.63) is 17.0 Å². The molecule has 0 aromatic carbocycles. The molecule has 0 fully saturated rings. The topological polar surface area (TPSA) is 55.0 Å². The highest BCUT2D eigenvalue weighted by Crippen LogP contribution is 2.21. The number of aryl methyl sites for hydroxylation is 1. The molecule has 1 aromatic heterocycles. The highest BCUT2D eigenvalue weighted by Gasteiger charge is 2.19. The lowest BCUT2D eigenvalue weighted by Gasteiger charge is -2.04. The van der Waals surface area contributed by atoms with Gasteiger partial charge in [-0.25, -0.2) is 4.79 Å². The van der Waals surface area contributed by atoms with Crippen molar-refractivity contribution < 1.29 is 9.53 Å². The van der Waals surface area contributed by atoms with Crippen LogP contribution in [0.2, 0.25) is 0 Å². The molecule has 0 atom stereocenters. The highest BCUT2D eigenvalue weighted by molar-refractivity contribution is 5.89. The number of hydrogen-bond acceptors (Lipinski definition) is 3. The Labute approximate surface area is 91.0 Å². The zero-order valence-electron chi connectivity index (χ0n) is 10.3. The van der Waals surface area contributed by atoms with Crippen molar-refractivity contribution >= 4 is 5.97 Å². The molecule has 1 rings (SSSR count). The number of H-pyrrole nitrogens is 1. The summed E-state index contributed by atoms with van der Waals surface area (Å²) in [7, 11) is 1.36. The van der Waals surface area contributed by atoms with Crippen LogP contribution < -0.4 is 0 Å².